The van der Waals surface area contributed by atoms with Crippen molar-refractivity contribution in [2.45, 2.75) is 6.92 Å². The van der Waals surface area contributed by atoms with E-state index in [0.717, 1.165) is 12.1 Å². The van der Waals surface area contributed by atoms with Crippen LogP contribution < -0.4 is 5.84 Å². The molecule has 0 aliphatic heterocycles. The molecule has 0 spiro atoms. The number of halogens is 3. The molecular formula is C8H7BrF2N2. The molecule has 1 rings (SSSR count). The molecular weight excluding hydrogens is 242 g/mol. The van der Waals surface area contributed by atoms with Crippen molar-refractivity contribution >= 4 is 21.6 Å². The number of hydrogen-bond donors (Lipinski definition) is 1. The highest BCUT2D eigenvalue weighted by Gasteiger charge is 2.09. The molecule has 0 unspecified atom stereocenters. The van der Waals surface area contributed by atoms with E-state index in [-0.39, 0.29) is 15.7 Å². The van der Waals surface area contributed by atoms with Gasteiger partial charge in [-0.3, -0.25) is 0 Å². The summed E-state index contributed by atoms with van der Waals surface area (Å²) in [6.45, 7) is 1.51. The van der Waals surface area contributed by atoms with Crippen molar-refractivity contribution in [1.82, 2.24) is 0 Å². The second-order valence-corrected chi connectivity index (χ2v) is 3.32. The Morgan fingerprint density at radius 3 is 2.54 bits per heavy atom. The van der Waals surface area contributed by atoms with Crippen LogP contribution in [-0.2, 0) is 0 Å². The Kier molecular flexibility index (Phi) is 2.98. The number of nitrogens with two attached hydrogens (primary N) is 1. The van der Waals surface area contributed by atoms with Gasteiger partial charge in [0, 0.05) is 5.56 Å². The minimum Gasteiger partial charge on any atom is -0.323 e. The fourth-order valence-corrected chi connectivity index (χ4v) is 1.18. The first-order valence-electron chi connectivity index (χ1n) is 3.45. The van der Waals surface area contributed by atoms with Crippen molar-refractivity contribution in [2.24, 2.45) is 10.9 Å². The minimum atomic E-state index is -0.556. The molecule has 0 heterocycles. The van der Waals surface area contributed by atoms with E-state index in [2.05, 4.69) is 21.0 Å². The standard InChI is InChI=1S/C8H7BrF2N2/c1-4(13-12)5-2-8(11)6(9)3-7(5)10/h2-3H,12H2,1H3/b13-4-. The fraction of sp³-hybridized carbons (Fsp3) is 0.125. The normalized spacial score (nSPS) is 11.8. The van der Waals surface area contributed by atoms with E-state index < -0.39 is 11.6 Å². The third-order valence-electron chi connectivity index (χ3n) is 1.59. The SMILES string of the molecule is C/C(=N/N)c1cc(F)c(Br)cc1F. The molecule has 2 N–H and O–H groups in total. The summed E-state index contributed by atoms with van der Waals surface area (Å²) in [5.74, 6) is 3.85. The monoisotopic (exact) mass is 248 g/mol. The number of rotatable bonds is 1. The van der Waals surface area contributed by atoms with Gasteiger partial charge in [0.15, 0.2) is 0 Å². The van der Waals surface area contributed by atoms with Crippen LogP contribution in [0.25, 0.3) is 0 Å². The van der Waals surface area contributed by atoms with Crippen molar-refractivity contribution in [3.8, 4) is 0 Å². The smallest absolute Gasteiger partial charge is 0.138 e. The molecule has 0 saturated carbocycles. The van der Waals surface area contributed by atoms with Crippen molar-refractivity contribution in [2.75, 3.05) is 0 Å². The van der Waals surface area contributed by atoms with Gasteiger partial charge in [-0.25, -0.2) is 8.78 Å². The molecule has 0 bridgehead atoms. The third kappa shape index (κ3) is 2.03. The van der Waals surface area contributed by atoms with Gasteiger partial charge in [-0.05, 0) is 35.0 Å². The maximum absolute atomic E-state index is 13.1. The van der Waals surface area contributed by atoms with Crippen LogP contribution in [0.1, 0.15) is 12.5 Å². The first kappa shape index (κ1) is 10.1. The van der Waals surface area contributed by atoms with Crippen LogP contribution in [0, 0.1) is 11.6 Å². The molecule has 0 amide bonds. The molecule has 0 aromatic heterocycles. The highest BCUT2D eigenvalue weighted by molar-refractivity contribution is 9.10. The van der Waals surface area contributed by atoms with Crippen LogP contribution in [-0.4, -0.2) is 5.71 Å². The maximum atomic E-state index is 13.1. The fourth-order valence-electron chi connectivity index (χ4n) is 0.869. The Morgan fingerprint density at radius 2 is 2.00 bits per heavy atom. The molecule has 13 heavy (non-hydrogen) atoms. The maximum Gasteiger partial charge on any atom is 0.138 e. The molecule has 70 valence electrons. The van der Waals surface area contributed by atoms with Crippen LogP contribution in [0.4, 0.5) is 8.78 Å². The van der Waals surface area contributed by atoms with Crippen LogP contribution in [0.2, 0.25) is 0 Å². The summed E-state index contributed by atoms with van der Waals surface area (Å²) < 4.78 is 26.2. The van der Waals surface area contributed by atoms with Gasteiger partial charge in [-0.1, -0.05) is 0 Å². The van der Waals surface area contributed by atoms with E-state index in [4.69, 9.17) is 5.84 Å². The van der Waals surface area contributed by atoms with Gasteiger partial charge in [0.05, 0.1) is 10.2 Å². The Labute approximate surface area is 82.6 Å². The largest absolute Gasteiger partial charge is 0.323 e. The van der Waals surface area contributed by atoms with Crippen molar-refractivity contribution in [1.29, 1.82) is 0 Å². The molecule has 0 aliphatic carbocycles. The average molecular weight is 249 g/mol. The zero-order valence-electron chi connectivity index (χ0n) is 6.81. The molecule has 0 fully saturated rings. The highest BCUT2D eigenvalue weighted by atomic mass is 79.9. The second-order valence-electron chi connectivity index (χ2n) is 2.46. The summed E-state index contributed by atoms with van der Waals surface area (Å²) >= 11 is 2.87. The van der Waals surface area contributed by atoms with Crippen molar-refractivity contribution in [3.05, 3.63) is 33.8 Å². The Balaban J connectivity index is 3.32. The van der Waals surface area contributed by atoms with Crippen molar-refractivity contribution < 1.29 is 8.78 Å². The topological polar surface area (TPSA) is 38.4 Å². The van der Waals surface area contributed by atoms with Crippen molar-refractivity contribution in [3.63, 3.8) is 0 Å². The lowest BCUT2D eigenvalue weighted by molar-refractivity contribution is 0.592. The van der Waals surface area contributed by atoms with Gasteiger partial charge >= 0.3 is 0 Å². The zero-order valence-corrected chi connectivity index (χ0v) is 8.40. The highest BCUT2D eigenvalue weighted by Crippen LogP contribution is 2.20. The summed E-state index contributed by atoms with van der Waals surface area (Å²) in [5.41, 5.74) is 0.326. The summed E-state index contributed by atoms with van der Waals surface area (Å²) in [6.07, 6.45) is 0. The summed E-state index contributed by atoms with van der Waals surface area (Å²) in [5, 5.41) is 3.29. The number of hydrogen-bond acceptors (Lipinski definition) is 2. The van der Waals surface area contributed by atoms with E-state index >= 15 is 0 Å². The van der Waals surface area contributed by atoms with Gasteiger partial charge in [0.25, 0.3) is 0 Å². The molecule has 0 radical (unpaired) electrons. The summed E-state index contributed by atoms with van der Waals surface area (Å²) in [7, 11) is 0. The van der Waals surface area contributed by atoms with Crippen LogP contribution >= 0.6 is 15.9 Å². The van der Waals surface area contributed by atoms with E-state index in [0.29, 0.717) is 0 Å². The molecule has 1 aromatic rings. The number of nitrogens with zero attached hydrogens (tertiary/aromatic N) is 1. The summed E-state index contributed by atoms with van der Waals surface area (Å²) in [6, 6.07) is 2.09. The van der Waals surface area contributed by atoms with E-state index in [1.807, 2.05) is 0 Å². The Hall–Kier alpha value is -0.970. The van der Waals surface area contributed by atoms with Crippen LogP contribution in [0.15, 0.2) is 21.7 Å². The van der Waals surface area contributed by atoms with E-state index in [9.17, 15) is 8.78 Å². The average Bonchev–Trinajstić information content (AvgIpc) is 2.10. The van der Waals surface area contributed by atoms with Gasteiger partial charge in [0.1, 0.15) is 11.6 Å². The molecule has 0 atom stereocenters. The molecule has 2 nitrogen and oxygen atoms in total. The Bertz CT molecular complexity index is 363. The lowest BCUT2D eigenvalue weighted by Gasteiger charge is -2.02. The van der Waals surface area contributed by atoms with E-state index in [1.54, 1.807) is 0 Å². The van der Waals surface area contributed by atoms with Gasteiger partial charge in [-0.15, -0.1) is 0 Å². The molecule has 0 aliphatic rings. The molecule has 1 aromatic carbocycles. The van der Waals surface area contributed by atoms with E-state index in [1.165, 1.54) is 6.92 Å². The minimum absolute atomic E-state index is 0.0724. The molecule has 5 heteroatoms. The lowest BCUT2D eigenvalue weighted by Crippen LogP contribution is -2.03. The van der Waals surface area contributed by atoms with Gasteiger partial charge in [-0.2, -0.15) is 5.10 Å². The summed E-state index contributed by atoms with van der Waals surface area (Å²) in [4.78, 5) is 0. The number of hydrazone groups is 1. The van der Waals surface area contributed by atoms with Gasteiger partial charge in [0.2, 0.25) is 0 Å². The first-order valence-corrected chi connectivity index (χ1v) is 4.25. The first-order chi connectivity index (χ1) is 6.06. The predicted molar refractivity (Wildman–Crippen MR) is 50.5 cm³/mol. The lowest BCUT2D eigenvalue weighted by atomic mass is 10.1. The quantitative estimate of drug-likeness (QED) is 0.353. The van der Waals surface area contributed by atoms with Crippen LogP contribution in [0.5, 0.6) is 0 Å². The second kappa shape index (κ2) is 3.83. The predicted octanol–water partition coefficient (Wildman–Crippen LogP) is 2.41. The zero-order chi connectivity index (χ0) is 10.0. The Morgan fingerprint density at radius 1 is 1.38 bits per heavy atom. The molecule has 0 saturated heterocycles. The van der Waals surface area contributed by atoms with Crippen LogP contribution in [0.3, 0.4) is 0 Å². The number of benzene rings is 1. The third-order valence-corrected chi connectivity index (χ3v) is 2.20. The van der Waals surface area contributed by atoms with Gasteiger partial charge < -0.3 is 5.84 Å².